The summed E-state index contributed by atoms with van der Waals surface area (Å²) < 4.78 is 182. The zero-order valence-corrected chi connectivity index (χ0v) is 70.7. The maximum absolute atomic E-state index is 15.3. The Morgan fingerprint density at radius 1 is 0.560 bits per heavy atom. The molecule has 7 N–H and O–H groups in total. The van der Waals surface area contributed by atoms with E-state index in [1.54, 1.807) is 136 Å². The number of aliphatic hydroxyl groups is 2. The molecule has 670 valence electrons. The Labute approximate surface area is 731 Å². The first kappa shape index (κ1) is 105. The number of carboxylic acid groups (broad SMARTS) is 3. The number of hydrogen-bond acceptors (Lipinski definition) is 25. The predicted molar refractivity (Wildman–Crippen MR) is 395 cm³/mol. The number of quaternary nitrogens is 2. The van der Waals surface area contributed by atoms with Gasteiger partial charge in [0.05, 0.1) is 58.8 Å². The predicted octanol–water partition coefficient (Wildman–Crippen LogP) is 0.355. The van der Waals surface area contributed by atoms with Crippen LogP contribution >= 0.6 is 22.7 Å². The highest BCUT2D eigenvalue weighted by molar-refractivity contribution is 7.10. The third kappa shape index (κ3) is 29.9. The molecule has 2 amide bonds. The van der Waals surface area contributed by atoms with Gasteiger partial charge in [0, 0.05) is 107 Å². The highest BCUT2D eigenvalue weighted by Gasteiger charge is 2.46. The Morgan fingerprint density at radius 3 is 1.18 bits per heavy atom. The number of hydrogen-bond donors (Lipinski definition) is 5. The summed E-state index contributed by atoms with van der Waals surface area (Å²) in [5.41, 5.74) is 0.0431. The number of nitriles is 2. The Morgan fingerprint density at radius 2 is 0.888 bits per heavy atom. The van der Waals surface area contributed by atoms with E-state index in [0.717, 1.165) is 47.5 Å². The molecule has 2 unspecified atom stereocenters. The van der Waals surface area contributed by atoms with Crippen LogP contribution in [-0.2, 0) is 80.4 Å². The van der Waals surface area contributed by atoms with Gasteiger partial charge in [-0.05, 0) is 72.8 Å². The molecule has 49 heteroatoms. The van der Waals surface area contributed by atoms with Crippen LogP contribution < -0.4 is 76.2 Å². The number of carbonyl (C=O) groups is 7. The number of esters is 2. The standard InChI is InChI=1S/2C35H35F2N8O5S.3C2HF3O2.ClH.HI/c2*1-22(33-42-30(18-51-33)25-9-7-24(15-38)8-10-25)35(48,28-14-27(36)11-12-29(28)37)19-45-21-44(20-41-45)23(2)50-34(47)43(4)32-26(6-5-13-40-32)17-49-31(46)16-39-3;3*3-2(4,5)1(6)7;;/h2*5-14,18,20-23,39,48H,16-17,19H2,1-4H3;3*(H,6,7);2*1H/q2*+1;;;;;/p-2/t2*22-,23?,35+;;;;;/m00...../s1. The van der Waals surface area contributed by atoms with Crippen molar-refractivity contribution in [2.45, 2.75) is 108 Å². The van der Waals surface area contributed by atoms with E-state index in [1.807, 2.05) is 0 Å². The molecule has 0 bridgehead atoms. The molecule has 0 saturated carbocycles. The molecule has 10 aromatic rings. The second-order valence-electron chi connectivity index (χ2n) is 25.8. The Kier molecular flexibility index (Phi) is 39.3. The minimum absolute atomic E-state index is 0. The lowest BCUT2D eigenvalue weighted by molar-refractivity contribution is -0.753. The molecule has 0 radical (unpaired) electrons. The SMILES string of the molecule is C[NH2+]CC(=O)OCc1cccnc1N(C)C(=O)OC(C)[n+]1cnn(C[C@](O)(c2cc(F)ccc2F)[C@@H](C)c2nc(-c3ccc(C#N)cc3)cs2)c1.C[NH2+]CC(=O)OCc1cccnc1N(C)C(=O)OC(C)[n+]1cnn(C[C@](O)(c2cc(F)ccc2F)[C@@H](C)c2nc(-c3ccc(C#N)cc3)cs2)c1.O=C(O)C(F)(F)F.O=C([O-])C(F)(F)F.O=C([O-])C(F)(F)F.[Cl-].[I-]. The second-order valence-corrected chi connectivity index (χ2v) is 27.6. The van der Waals surface area contributed by atoms with Crippen LogP contribution in [0.15, 0.2) is 158 Å². The van der Waals surface area contributed by atoms with E-state index in [1.165, 1.54) is 103 Å². The number of aliphatic carboxylic acids is 3. The van der Waals surface area contributed by atoms with Gasteiger partial charge in [-0.3, -0.25) is 9.80 Å². The van der Waals surface area contributed by atoms with Crippen LogP contribution in [0.25, 0.3) is 22.5 Å². The first-order valence-corrected chi connectivity index (χ1v) is 37.1. The Balaban J connectivity index is 0.000000420. The lowest BCUT2D eigenvalue weighted by Crippen LogP contribution is -3.00. The van der Waals surface area contributed by atoms with Crippen LogP contribution in [0.3, 0.4) is 0 Å². The van der Waals surface area contributed by atoms with Crippen molar-refractivity contribution in [2.75, 3.05) is 51.1 Å². The molecule has 0 aliphatic rings. The quantitative estimate of drug-likeness (QED) is 0.0161. The van der Waals surface area contributed by atoms with Gasteiger partial charge >= 0.3 is 48.6 Å². The normalized spacial score (nSPS) is 12.9. The zero-order valence-electron chi connectivity index (χ0n) is 66.1. The molecule has 6 aromatic heterocycles. The summed E-state index contributed by atoms with van der Waals surface area (Å²) in [5, 5.41) is 83.9. The van der Waals surface area contributed by atoms with E-state index in [9.17, 15) is 77.7 Å². The van der Waals surface area contributed by atoms with Gasteiger partial charge in [0.15, 0.2) is 13.1 Å². The smallest absolute Gasteiger partial charge is 0.490 e. The average Bonchev–Trinajstić information content (AvgIpc) is 1.74. The molecule has 0 spiro atoms. The molecule has 6 atom stereocenters. The number of carboxylic acids is 3. The molecule has 125 heavy (non-hydrogen) atoms. The summed E-state index contributed by atoms with van der Waals surface area (Å²) in [4.78, 5) is 96.8. The van der Waals surface area contributed by atoms with Crippen molar-refractivity contribution in [3.8, 4) is 34.7 Å². The van der Waals surface area contributed by atoms with Gasteiger partial charge in [-0.2, -0.15) is 59.2 Å². The van der Waals surface area contributed by atoms with Crippen molar-refractivity contribution in [1.82, 2.24) is 39.5 Å². The lowest BCUT2D eigenvalue weighted by Gasteiger charge is -2.32. The Bertz CT molecular complexity index is 5070. The highest BCUT2D eigenvalue weighted by Crippen LogP contribution is 2.44. The fraction of sp³-hybridized carbons (Fsp3) is 0.303. The third-order valence-corrected chi connectivity index (χ3v) is 19.2. The topological polar surface area (TPSA) is 445 Å². The molecule has 10 rings (SSSR count). The molecule has 0 fully saturated rings. The number of amides is 2. The number of nitrogens with two attached hydrogens (primary N) is 2. The summed E-state index contributed by atoms with van der Waals surface area (Å²) in [5.74, 6) is -13.9. The number of likely N-dealkylation sites (N-methyl/N-ethyl adjacent to an activating group) is 2. The van der Waals surface area contributed by atoms with E-state index in [-0.39, 0.29) is 98.5 Å². The first-order valence-electron chi connectivity index (χ1n) is 35.3. The molecular formula is C76H73ClF13IN16O16S2. The van der Waals surface area contributed by atoms with Crippen LogP contribution in [0.1, 0.15) is 95.4 Å². The van der Waals surface area contributed by atoms with E-state index in [4.69, 9.17) is 69.1 Å². The van der Waals surface area contributed by atoms with Crippen molar-refractivity contribution >= 4 is 76.3 Å². The lowest BCUT2D eigenvalue weighted by atomic mass is 9.82. The summed E-state index contributed by atoms with van der Waals surface area (Å²) in [6.07, 6.45) is -10.1. The van der Waals surface area contributed by atoms with Crippen molar-refractivity contribution in [3.63, 3.8) is 0 Å². The monoisotopic (exact) mass is 1940 g/mol. The van der Waals surface area contributed by atoms with Crippen molar-refractivity contribution < 1.29 is 191 Å². The van der Waals surface area contributed by atoms with Gasteiger partial charge in [0.25, 0.3) is 12.7 Å². The van der Waals surface area contributed by atoms with Crippen LogP contribution in [0.5, 0.6) is 0 Å². The maximum atomic E-state index is 15.3. The van der Waals surface area contributed by atoms with Crippen LogP contribution in [0.2, 0.25) is 0 Å². The molecule has 0 saturated heterocycles. The van der Waals surface area contributed by atoms with E-state index in [2.05, 4.69) is 32.3 Å². The number of anilines is 2. The largest absolute Gasteiger partial charge is 1.00 e. The molecule has 6 heterocycles. The minimum atomic E-state index is -5.19. The molecule has 0 aliphatic heterocycles. The van der Waals surface area contributed by atoms with E-state index < -0.39 is 119 Å². The highest BCUT2D eigenvalue weighted by atomic mass is 127. The van der Waals surface area contributed by atoms with E-state index in [0.29, 0.717) is 43.7 Å². The van der Waals surface area contributed by atoms with Crippen LogP contribution in [0.4, 0.5) is 78.3 Å². The molecule has 0 aliphatic carbocycles. The number of nitrogens with zero attached hydrogens (tertiary/aromatic N) is 14. The second kappa shape index (κ2) is 46.9. The fourth-order valence-corrected chi connectivity index (χ4v) is 12.5. The number of ether oxygens (including phenoxy) is 4. The molecule has 4 aromatic carbocycles. The summed E-state index contributed by atoms with van der Waals surface area (Å²) in [6.45, 7) is 6.01. The summed E-state index contributed by atoms with van der Waals surface area (Å²) in [6, 6.07) is 30.3. The number of carbonyl (C=O) groups excluding carboxylic acids is 6. The minimum Gasteiger partial charge on any atom is -1.00 e. The van der Waals surface area contributed by atoms with Gasteiger partial charge in [-0.1, -0.05) is 50.2 Å². The van der Waals surface area contributed by atoms with E-state index >= 15 is 8.78 Å². The van der Waals surface area contributed by atoms with Crippen molar-refractivity contribution in [3.05, 3.63) is 224 Å². The number of rotatable bonds is 26. The maximum Gasteiger partial charge on any atom is 0.490 e. The number of alkyl halides is 9. The van der Waals surface area contributed by atoms with Gasteiger partial charge in [0.1, 0.15) is 84.3 Å². The molecular weight excluding hydrogens is 1870 g/mol. The van der Waals surface area contributed by atoms with Crippen molar-refractivity contribution in [1.29, 1.82) is 10.5 Å². The average molecular weight is 1940 g/mol. The van der Waals surface area contributed by atoms with Crippen LogP contribution in [0, 0.1) is 45.9 Å². The Hall–Kier alpha value is -12.5. The first-order chi connectivity index (χ1) is 57.7. The third-order valence-electron chi connectivity index (χ3n) is 17.2. The fourth-order valence-electron chi connectivity index (χ4n) is 10.6. The van der Waals surface area contributed by atoms with Gasteiger partial charge < -0.3 is 101 Å². The number of aromatic nitrogens is 10. The van der Waals surface area contributed by atoms with Crippen molar-refractivity contribution in [2.24, 2.45) is 0 Å². The summed E-state index contributed by atoms with van der Waals surface area (Å²) in [7, 11) is 6.42. The van der Waals surface area contributed by atoms with Gasteiger partial charge in [-0.15, -0.1) is 32.0 Å². The zero-order chi connectivity index (χ0) is 91.6. The molecule has 32 nitrogen and oxygen atoms in total. The van der Waals surface area contributed by atoms with Crippen LogP contribution in [-0.4, -0.2) is 157 Å². The summed E-state index contributed by atoms with van der Waals surface area (Å²) >= 11 is 2.50. The van der Waals surface area contributed by atoms with Gasteiger partial charge in [0.2, 0.25) is 25.1 Å². The number of thiazole rings is 2. The number of pyridine rings is 2. The van der Waals surface area contributed by atoms with Gasteiger partial charge in [-0.25, -0.2) is 61.5 Å². The number of halogens is 15. The number of benzene rings is 4.